The first-order chi connectivity index (χ1) is 11.5. The molecule has 0 radical (unpaired) electrons. The summed E-state index contributed by atoms with van der Waals surface area (Å²) in [4.78, 5) is 25.5. The molecule has 2 rings (SSSR count). The highest BCUT2D eigenvalue weighted by molar-refractivity contribution is 6.31. The molecule has 6 heteroatoms. The molecule has 0 spiro atoms. The Morgan fingerprint density at radius 1 is 1.24 bits per heavy atom. The zero-order valence-corrected chi connectivity index (χ0v) is 15.9. The fourth-order valence-electron chi connectivity index (χ4n) is 3.09. The Morgan fingerprint density at radius 3 is 2.48 bits per heavy atom. The van der Waals surface area contributed by atoms with Gasteiger partial charge in [0.05, 0.1) is 5.60 Å². The number of aliphatic hydroxyl groups is 1. The van der Waals surface area contributed by atoms with E-state index in [1.165, 1.54) is 0 Å². The van der Waals surface area contributed by atoms with Gasteiger partial charge in [0.1, 0.15) is 11.1 Å². The van der Waals surface area contributed by atoms with Gasteiger partial charge in [-0.3, -0.25) is 4.79 Å². The molecule has 2 unspecified atom stereocenters. The third-order valence-corrected chi connectivity index (χ3v) is 4.78. The summed E-state index contributed by atoms with van der Waals surface area (Å²) in [5.41, 5.74) is -2.43. The molecule has 1 aromatic carbocycles. The van der Waals surface area contributed by atoms with Gasteiger partial charge >= 0.3 is 6.09 Å². The van der Waals surface area contributed by atoms with Gasteiger partial charge in [-0.15, -0.1) is 0 Å². The minimum atomic E-state index is -1.30. The first kappa shape index (κ1) is 19.7. The summed E-state index contributed by atoms with van der Waals surface area (Å²) in [5.74, 6) is -0.177. The maximum atomic E-state index is 13.0. The number of Topliss-reactive ketones (excluding diaryl/α,β-unsaturated/α-hetero) is 1. The zero-order chi connectivity index (χ0) is 18.9. The number of ketones is 1. The summed E-state index contributed by atoms with van der Waals surface area (Å²) in [5, 5.41) is 13.6. The van der Waals surface area contributed by atoms with Crippen molar-refractivity contribution in [2.45, 2.75) is 70.1 Å². The first-order valence-corrected chi connectivity index (χ1v) is 8.85. The van der Waals surface area contributed by atoms with Crippen LogP contribution in [0.4, 0.5) is 4.79 Å². The van der Waals surface area contributed by atoms with Crippen LogP contribution in [0.2, 0.25) is 5.02 Å². The molecule has 2 N–H and O–H groups in total. The van der Waals surface area contributed by atoms with Crippen molar-refractivity contribution in [3.05, 3.63) is 34.9 Å². The first-order valence-electron chi connectivity index (χ1n) is 8.47. The van der Waals surface area contributed by atoms with Crippen LogP contribution < -0.4 is 5.32 Å². The van der Waals surface area contributed by atoms with Gasteiger partial charge in [-0.25, -0.2) is 4.79 Å². The van der Waals surface area contributed by atoms with Gasteiger partial charge in [0.2, 0.25) is 0 Å². The quantitative estimate of drug-likeness (QED) is 0.776. The standard InChI is InChI=1S/C19H26ClNO4/c1-17(2,3)25-16(23)21-19(13-7-5-6-8-14(13)20)12-11-18(4,24)10-9-15(19)22/h5-8,24H,9-12H2,1-4H3,(H,21,23). The van der Waals surface area contributed by atoms with E-state index in [-0.39, 0.29) is 18.6 Å². The van der Waals surface area contributed by atoms with Crippen molar-refractivity contribution in [2.75, 3.05) is 0 Å². The summed E-state index contributed by atoms with van der Waals surface area (Å²) < 4.78 is 5.36. The van der Waals surface area contributed by atoms with E-state index in [0.717, 1.165) is 0 Å². The molecule has 5 nitrogen and oxygen atoms in total. The lowest BCUT2D eigenvalue weighted by atomic mass is 9.81. The molecule has 1 aliphatic carbocycles. The van der Waals surface area contributed by atoms with Gasteiger partial charge in [0.25, 0.3) is 0 Å². The minimum absolute atomic E-state index is 0.147. The van der Waals surface area contributed by atoms with E-state index in [9.17, 15) is 14.7 Å². The average molecular weight is 368 g/mol. The molecule has 0 heterocycles. The van der Waals surface area contributed by atoms with Crippen LogP contribution in [0.3, 0.4) is 0 Å². The Hall–Kier alpha value is -1.59. The normalized spacial score (nSPS) is 27.5. The Kier molecular flexibility index (Phi) is 5.50. The summed E-state index contributed by atoms with van der Waals surface area (Å²) in [6, 6.07) is 6.96. The summed E-state index contributed by atoms with van der Waals surface area (Å²) in [6.45, 7) is 6.98. The van der Waals surface area contributed by atoms with E-state index < -0.39 is 22.8 Å². The van der Waals surface area contributed by atoms with E-state index in [2.05, 4.69) is 5.32 Å². The largest absolute Gasteiger partial charge is 0.444 e. The Balaban J connectivity index is 2.46. The van der Waals surface area contributed by atoms with Gasteiger partial charge in [-0.2, -0.15) is 0 Å². The van der Waals surface area contributed by atoms with Crippen molar-refractivity contribution in [3.63, 3.8) is 0 Å². The molecule has 2 atom stereocenters. The number of nitrogens with one attached hydrogen (secondary N) is 1. The van der Waals surface area contributed by atoms with Crippen molar-refractivity contribution >= 4 is 23.5 Å². The molecule has 1 aliphatic rings. The Bertz CT molecular complexity index is 666. The molecule has 1 amide bonds. The van der Waals surface area contributed by atoms with Crippen LogP contribution in [-0.2, 0) is 15.1 Å². The number of hydrogen-bond donors (Lipinski definition) is 2. The van der Waals surface area contributed by atoms with E-state index in [0.29, 0.717) is 23.4 Å². The van der Waals surface area contributed by atoms with Crippen LogP contribution >= 0.6 is 11.6 Å². The molecule has 1 aromatic rings. The van der Waals surface area contributed by atoms with E-state index in [4.69, 9.17) is 16.3 Å². The van der Waals surface area contributed by atoms with Gasteiger partial charge in [-0.05, 0) is 53.0 Å². The maximum Gasteiger partial charge on any atom is 0.408 e. The van der Waals surface area contributed by atoms with Gasteiger partial charge in [0.15, 0.2) is 5.78 Å². The molecular formula is C19H26ClNO4. The highest BCUT2D eigenvalue weighted by Crippen LogP contribution is 2.40. The lowest BCUT2D eigenvalue weighted by Gasteiger charge is -2.34. The summed E-state index contributed by atoms with van der Waals surface area (Å²) in [6.07, 6.45) is 0.422. The monoisotopic (exact) mass is 367 g/mol. The lowest BCUT2D eigenvalue weighted by Crippen LogP contribution is -2.52. The van der Waals surface area contributed by atoms with Crippen LogP contribution in [0.15, 0.2) is 24.3 Å². The number of carbonyl (C=O) groups excluding carboxylic acids is 2. The van der Waals surface area contributed by atoms with E-state index in [1.807, 2.05) is 0 Å². The van der Waals surface area contributed by atoms with Crippen LogP contribution in [0, 0.1) is 0 Å². The van der Waals surface area contributed by atoms with E-state index in [1.54, 1.807) is 52.0 Å². The second-order valence-electron chi connectivity index (χ2n) is 7.93. The maximum absolute atomic E-state index is 13.0. The van der Waals surface area contributed by atoms with Crippen LogP contribution in [0.1, 0.15) is 58.9 Å². The fourth-order valence-corrected chi connectivity index (χ4v) is 3.38. The molecule has 138 valence electrons. The second-order valence-corrected chi connectivity index (χ2v) is 8.34. The summed E-state index contributed by atoms with van der Waals surface area (Å²) >= 11 is 6.35. The second kappa shape index (κ2) is 6.96. The zero-order valence-electron chi connectivity index (χ0n) is 15.2. The highest BCUT2D eigenvalue weighted by atomic mass is 35.5. The van der Waals surface area contributed by atoms with E-state index >= 15 is 0 Å². The molecule has 25 heavy (non-hydrogen) atoms. The number of rotatable bonds is 2. The molecule has 0 bridgehead atoms. The van der Waals surface area contributed by atoms with Crippen LogP contribution in [0.25, 0.3) is 0 Å². The number of amides is 1. The molecule has 0 aromatic heterocycles. The molecular weight excluding hydrogens is 342 g/mol. The Labute approximate surface area is 153 Å². The fraction of sp³-hybridized carbons (Fsp3) is 0.579. The van der Waals surface area contributed by atoms with Gasteiger partial charge in [0, 0.05) is 17.0 Å². The number of benzene rings is 1. The minimum Gasteiger partial charge on any atom is -0.444 e. The van der Waals surface area contributed by atoms with Gasteiger partial charge in [-0.1, -0.05) is 29.8 Å². The predicted octanol–water partition coefficient (Wildman–Crippen LogP) is 3.95. The van der Waals surface area contributed by atoms with Gasteiger partial charge < -0.3 is 15.2 Å². The number of carbonyl (C=O) groups is 2. The van der Waals surface area contributed by atoms with Crippen molar-refractivity contribution in [2.24, 2.45) is 0 Å². The third-order valence-electron chi connectivity index (χ3n) is 4.45. The summed E-state index contributed by atoms with van der Waals surface area (Å²) in [7, 11) is 0. The van der Waals surface area contributed by atoms with Crippen LogP contribution in [-0.4, -0.2) is 28.2 Å². The molecule has 0 aliphatic heterocycles. The van der Waals surface area contributed by atoms with Crippen LogP contribution in [0.5, 0.6) is 0 Å². The van der Waals surface area contributed by atoms with Crippen molar-refractivity contribution in [1.82, 2.24) is 5.32 Å². The van der Waals surface area contributed by atoms with Crippen molar-refractivity contribution < 1.29 is 19.4 Å². The molecule has 0 saturated heterocycles. The number of ether oxygens (including phenoxy) is 1. The topological polar surface area (TPSA) is 75.6 Å². The lowest BCUT2D eigenvalue weighted by molar-refractivity contribution is -0.126. The molecule has 1 saturated carbocycles. The average Bonchev–Trinajstić information content (AvgIpc) is 2.58. The molecule has 1 fully saturated rings. The third kappa shape index (κ3) is 4.73. The Morgan fingerprint density at radius 2 is 1.88 bits per heavy atom. The number of hydrogen-bond acceptors (Lipinski definition) is 4. The smallest absolute Gasteiger partial charge is 0.408 e. The highest BCUT2D eigenvalue weighted by Gasteiger charge is 2.47. The van der Waals surface area contributed by atoms with Crippen molar-refractivity contribution in [1.29, 1.82) is 0 Å². The predicted molar refractivity (Wildman–Crippen MR) is 96.6 cm³/mol. The number of halogens is 1. The van der Waals surface area contributed by atoms with Crippen molar-refractivity contribution in [3.8, 4) is 0 Å². The SMILES string of the molecule is CC1(O)CCC(=O)C(NC(=O)OC(C)(C)C)(c2ccccc2Cl)CC1. The number of alkyl carbamates (subject to hydrolysis) is 1.